The minimum atomic E-state index is -3.65. The fraction of sp³-hybridized carbons (Fsp3) is 0.200. The number of sulfonamides is 1. The van der Waals surface area contributed by atoms with E-state index in [4.69, 9.17) is 11.6 Å². The van der Waals surface area contributed by atoms with Gasteiger partial charge in [0.05, 0.1) is 24.2 Å². The van der Waals surface area contributed by atoms with Crippen LogP contribution in [0.1, 0.15) is 11.1 Å². The molecule has 1 heterocycles. The van der Waals surface area contributed by atoms with Crippen LogP contribution in [0.3, 0.4) is 0 Å². The zero-order valence-corrected chi connectivity index (χ0v) is 14.0. The van der Waals surface area contributed by atoms with Crippen molar-refractivity contribution < 1.29 is 13.2 Å². The van der Waals surface area contributed by atoms with Gasteiger partial charge in [-0.2, -0.15) is 0 Å². The van der Waals surface area contributed by atoms with E-state index >= 15 is 0 Å². The molecule has 0 spiro atoms. The number of hydrogen-bond acceptors (Lipinski definition) is 4. The first-order chi connectivity index (χ1) is 10.9. The van der Waals surface area contributed by atoms with Crippen LogP contribution in [0.2, 0.25) is 5.02 Å². The zero-order valence-electron chi connectivity index (χ0n) is 12.4. The van der Waals surface area contributed by atoms with Crippen molar-refractivity contribution in [2.24, 2.45) is 0 Å². The van der Waals surface area contributed by atoms with E-state index in [0.717, 1.165) is 5.56 Å². The lowest BCUT2D eigenvalue weighted by Gasteiger charge is -2.09. The fourth-order valence-electron chi connectivity index (χ4n) is 1.87. The zero-order chi connectivity index (χ0) is 16.9. The number of aryl methyl sites for hydroxylation is 1. The number of aromatic nitrogens is 1. The molecule has 23 heavy (non-hydrogen) atoms. The lowest BCUT2D eigenvalue weighted by atomic mass is 10.1. The highest BCUT2D eigenvalue weighted by molar-refractivity contribution is 7.88. The molecule has 122 valence electrons. The molecule has 0 saturated carbocycles. The summed E-state index contributed by atoms with van der Waals surface area (Å²) in [6.07, 6.45) is 3.05. The van der Waals surface area contributed by atoms with Crippen LogP contribution in [-0.4, -0.2) is 25.9 Å². The molecular formula is C15H16ClN3O3S. The van der Waals surface area contributed by atoms with Gasteiger partial charge in [-0.25, -0.2) is 13.1 Å². The Balaban J connectivity index is 1.93. The molecule has 2 N–H and O–H groups in total. The Bertz CT molecular complexity index is 795. The van der Waals surface area contributed by atoms with E-state index in [-0.39, 0.29) is 12.3 Å². The number of amides is 1. The molecule has 0 aliphatic rings. The molecule has 2 rings (SSSR count). The van der Waals surface area contributed by atoms with Gasteiger partial charge >= 0.3 is 0 Å². The van der Waals surface area contributed by atoms with Gasteiger partial charge in [0.25, 0.3) is 0 Å². The third-order valence-electron chi connectivity index (χ3n) is 3.05. The number of anilines is 1. The Kier molecular flexibility index (Phi) is 5.70. The van der Waals surface area contributed by atoms with Crippen LogP contribution >= 0.6 is 11.6 Å². The lowest BCUT2D eigenvalue weighted by Crippen LogP contribution is -2.33. The van der Waals surface area contributed by atoms with Gasteiger partial charge < -0.3 is 5.32 Å². The molecule has 0 saturated heterocycles. The van der Waals surface area contributed by atoms with E-state index in [1.54, 1.807) is 43.5 Å². The maximum Gasteiger partial charge on any atom is 0.239 e. The van der Waals surface area contributed by atoms with Crippen LogP contribution in [0.15, 0.2) is 42.7 Å². The maximum absolute atomic E-state index is 12.1. The van der Waals surface area contributed by atoms with E-state index < -0.39 is 15.9 Å². The average molecular weight is 354 g/mol. The Labute approximate surface area is 139 Å². The normalized spacial score (nSPS) is 11.2. The maximum atomic E-state index is 12.1. The second-order valence-electron chi connectivity index (χ2n) is 4.94. The molecule has 0 fully saturated rings. The highest BCUT2D eigenvalue weighted by Gasteiger charge is 2.15. The number of hydrogen-bond donors (Lipinski definition) is 2. The van der Waals surface area contributed by atoms with Crippen molar-refractivity contribution in [2.75, 3.05) is 11.9 Å². The van der Waals surface area contributed by atoms with Gasteiger partial charge in [-0.1, -0.05) is 17.7 Å². The van der Waals surface area contributed by atoms with Crippen LogP contribution in [0.25, 0.3) is 0 Å². The number of benzene rings is 1. The molecule has 1 aromatic heterocycles. The molecule has 0 unspecified atom stereocenters. The number of rotatable bonds is 6. The average Bonchev–Trinajstić information content (AvgIpc) is 2.50. The first-order valence-electron chi connectivity index (χ1n) is 6.78. The highest BCUT2D eigenvalue weighted by atomic mass is 35.5. The van der Waals surface area contributed by atoms with Crippen molar-refractivity contribution in [2.45, 2.75) is 12.7 Å². The predicted octanol–water partition coefficient (Wildman–Crippen LogP) is 2.10. The Morgan fingerprint density at radius 2 is 2.09 bits per heavy atom. The minimum Gasteiger partial charge on any atom is -0.324 e. The third kappa shape index (κ3) is 5.63. The van der Waals surface area contributed by atoms with Crippen LogP contribution in [0.4, 0.5) is 5.69 Å². The first-order valence-corrected chi connectivity index (χ1v) is 8.81. The molecule has 1 aromatic carbocycles. The van der Waals surface area contributed by atoms with Crippen molar-refractivity contribution in [1.82, 2.24) is 9.71 Å². The first kappa shape index (κ1) is 17.4. The second kappa shape index (κ2) is 7.54. The van der Waals surface area contributed by atoms with Crippen molar-refractivity contribution in [1.29, 1.82) is 0 Å². The SMILES string of the molecule is Cc1ccc(Cl)cc1CS(=O)(=O)NCC(=O)Nc1cccnc1. The number of carbonyl (C=O) groups excluding carboxylic acids is 1. The van der Waals surface area contributed by atoms with E-state index in [1.165, 1.54) is 6.20 Å². The number of carbonyl (C=O) groups is 1. The fourth-order valence-corrected chi connectivity index (χ4v) is 3.24. The number of halogens is 1. The quantitative estimate of drug-likeness (QED) is 0.832. The molecule has 0 bridgehead atoms. The van der Waals surface area contributed by atoms with Gasteiger partial charge in [-0.3, -0.25) is 9.78 Å². The van der Waals surface area contributed by atoms with Gasteiger partial charge in [0.2, 0.25) is 15.9 Å². The van der Waals surface area contributed by atoms with E-state index in [1.807, 2.05) is 0 Å². The summed E-state index contributed by atoms with van der Waals surface area (Å²) < 4.78 is 26.4. The molecule has 0 aliphatic heterocycles. The van der Waals surface area contributed by atoms with Crippen LogP contribution < -0.4 is 10.0 Å². The van der Waals surface area contributed by atoms with Gasteiger partial charge in [-0.15, -0.1) is 0 Å². The summed E-state index contributed by atoms with van der Waals surface area (Å²) in [5.74, 6) is -0.705. The Hall–Kier alpha value is -1.96. The highest BCUT2D eigenvalue weighted by Crippen LogP contribution is 2.17. The van der Waals surface area contributed by atoms with Crippen molar-refractivity contribution in [3.8, 4) is 0 Å². The summed E-state index contributed by atoms with van der Waals surface area (Å²) in [7, 11) is -3.65. The topological polar surface area (TPSA) is 88.2 Å². The van der Waals surface area contributed by atoms with Crippen LogP contribution in [0.5, 0.6) is 0 Å². The standard InChI is InChI=1S/C15H16ClN3O3S/c1-11-4-5-13(16)7-12(11)10-23(21,22)18-9-15(20)19-14-3-2-6-17-8-14/h2-8,18H,9-10H2,1H3,(H,19,20). The number of nitrogens with one attached hydrogen (secondary N) is 2. The minimum absolute atomic E-state index is 0.237. The molecule has 6 nitrogen and oxygen atoms in total. The van der Waals surface area contributed by atoms with Gasteiger partial charge in [0, 0.05) is 11.2 Å². The molecule has 2 aromatic rings. The van der Waals surface area contributed by atoms with Gasteiger partial charge in [-0.05, 0) is 42.3 Å². The predicted molar refractivity (Wildman–Crippen MR) is 89.7 cm³/mol. The summed E-state index contributed by atoms with van der Waals surface area (Å²) in [6, 6.07) is 8.38. The third-order valence-corrected chi connectivity index (χ3v) is 4.56. The van der Waals surface area contributed by atoms with Crippen molar-refractivity contribution in [3.05, 3.63) is 58.9 Å². The molecule has 8 heteroatoms. The molecule has 0 radical (unpaired) electrons. The van der Waals surface area contributed by atoms with Gasteiger partial charge in [0.15, 0.2) is 0 Å². The van der Waals surface area contributed by atoms with E-state index in [2.05, 4.69) is 15.0 Å². The smallest absolute Gasteiger partial charge is 0.239 e. The van der Waals surface area contributed by atoms with E-state index in [9.17, 15) is 13.2 Å². The lowest BCUT2D eigenvalue weighted by molar-refractivity contribution is -0.115. The molecule has 1 amide bonds. The monoisotopic (exact) mass is 353 g/mol. The summed E-state index contributed by atoms with van der Waals surface area (Å²) in [6.45, 7) is 1.45. The summed E-state index contributed by atoms with van der Waals surface area (Å²) in [4.78, 5) is 15.6. The molecule has 0 aliphatic carbocycles. The van der Waals surface area contributed by atoms with Crippen LogP contribution in [0, 0.1) is 6.92 Å². The van der Waals surface area contributed by atoms with Gasteiger partial charge in [0.1, 0.15) is 0 Å². The van der Waals surface area contributed by atoms with Crippen molar-refractivity contribution in [3.63, 3.8) is 0 Å². The molecular weight excluding hydrogens is 338 g/mol. The van der Waals surface area contributed by atoms with Crippen molar-refractivity contribution >= 4 is 33.2 Å². The summed E-state index contributed by atoms with van der Waals surface area (Å²) in [5, 5.41) is 3.02. The Morgan fingerprint density at radius 3 is 2.78 bits per heavy atom. The Morgan fingerprint density at radius 1 is 1.30 bits per heavy atom. The summed E-state index contributed by atoms with van der Waals surface area (Å²) >= 11 is 5.88. The van der Waals surface area contributed by atoms with Crippen LogP contribution in [-0.2, 0) is 20.6 Å². The largest absolute Gasteiger partial charge is 0.324 e. The van der Waals surface area contributed by atoms with E-state index in [0.29, 0.717) is 16.3 Å². The summed E-state index contributed by atoms with van der Waals surface area (Å²) in [5.41, 5.74) is 1.92. The number of nitrogens with zero attached hydrogens (tertiary/aromatic N) is 1. The second-order valence-corrected chi connectivity index (χ2v) is 7.18. The number of pyridine rings is 1. The molecule has 0 atom stereocenters.